The minimum absolute atomic E-state index is 0. The van der Waals surface area contributed by atoms with Crippen LogP contribution < -0.4 is 0 Å². The fraction of sp³-hybridized carbons (Fsp3) is 0. The molecule has 0 aliphatic rings. The van der Waals surface area contributed by atoms with Gasteiger partial charge in [-0.2, -0.15) is 0 Å². The second-order valence-corrected chi connectivity index (χ2v) is 5.24. The number of aromatic nitrogens is 1. The maximum absolute atomic E-state index is 4.52. The molecule has 0 saturated heterocycles. The quantitative estimate of drug-likeness (QED) is 0.358. The molecule has 0 amide bonds. The number of benzene rings is 3. The summed E-state index contributed by atoms with van der Waals surface area (Å²) in [6.07, 6.45) is 1.84. The first-order chi connectivity index (χ1) is 10.9. The van der Waals surface area contributed by atoms with Gasteiger partial charge in [0.05, 0.1) is 0 Å². The van der Waals surface area contributed by atoms with Crippen molar-refractivity contribution >= 4 is 10.9 Å². The molecule has 2 heteroatoms. The maximum atomic E-state index is 4.52. The van der Waals surface area contributed by atoms with Gasteiger partial charge in [-0.15, -0.1) is 29.8 Å². The first-order valence-electron chi connectivity index (χ1n) is 7.33. The Labute approximate surface area is 149 Å². The van der Waals surface area contributed by atoms with Gasteiger partial charge >= 0.3 is 0 Å². The molecule has 0 bridgehead atoms. The van der Waals surface area contributed by atoms with Gasteiger partial charge in [0.2, 0.25) is 0 Å². The predicted molar refractivity (Wildman–Crippen MR) is 91.5 cm³/mol. The molecule has 1 heterocycles. The molecule has 0 spiro atoms. The van der Waals surface area contributed by atoms with E-state index in [4.69, 9.17) is 0 Å². The van der Waals surface area contributed by atoms with E-state index < -0.39 is 0 Å². The summed E-state index contributed by atoms with van der Waals surface area (Å²) in [5, 5.41) is 1.15. The summed E-state index contributed by atoms with van der Waals surface area (Å²) in [5.41, 5.74) is 5.61. The summed E-state index contributed by atoms with van der Waals surface area (Å²) in [4.78, 5) is 4.52. The van der Waals surface area contributed by atoms with E-state index in [1.807, 2.05) is 24.4 Å². The van der Waals surface area contributed by atoms with Gasteiger partial charge < -0.3 is 0 Å². The molecule has 4 aromatic rings. The van der Waals surface area contributed by atoms with Crippen LogP contribution in [0, 0.1) is 6.07 Å². The van der Waals surface area contributed by atoms with Gasteiger partial charge in [0.15, 0.2) is 0 Å². The van der Waals surface area contributed by atoms with Gasteiger partial charge in [-0.3, -0.25) is 4.98 Å². The van der Waals surface area contributed by atoms with Crippen molar-refractivity contribution in [2.45, 2.75) is 0 Å². The summed E-state index contributed by atoms with van der Waals surface area (Å²) in [5.74, 6) is 0. The molecule has 4 rings (SSSR count). The van der Waals surface area contributed by atoms with Crippen LogP contribution in [0.15, 0.2) is 85.1 Å². The van der Waals surface area contributed by atoms with Gasteiger partial charge in [0.1, 0.15) is 0 Å². The summed E-state index contributed by atoms with van der Waals surface area (Å²) >= 11 is 0. The number of para-hydroxylation sites is 1. The van der Waals surface area contributed by atoms with Crippen LogP contribution in [0.1, 0.15) is 0 Å². The van der Waals surface area contributed by atoms with Gasteiger partial charge in [0, 0.05) is 31.8 Å². The first-order valence-corrected chi connectivity index (χ1v) is 7.33. The minimum atomic E-state index is 0. The van der Waals surface area contributed by atoms with Gasteiger partial charge in [-0.05, 0) is 11.5 Å². The monoisotopic (exact) mass is 473 g/mol. The van der Waals surface area contributed by atoms with E-state index in [1.165, 1.54) is 11.1 Å². The molecule has 0 unspecified atom stereocenters. The van der Waals surface area contributed by atoms with E-state index in [-0.39, 0.29) is 20.1 Å². The molecule has 3 aromatic carbocycles. The van der Waals surface area contributed by atoms with Crippen molar-refractivity contribution in [2.24, 2.45) is 0 Å². The first kappa shape index (κ1) is 15.6. The molecule has 0 atom stereocenters. The van der Waals surface area contributed by atoms with Crippen LogP contribution in [0.4, 0.5) is 0 Å². The zero-order valence-corrected chi connectivity index (χ0v) is 14.8. The molecule has 0 aliphatic carbocycles. The van der Waals surface area contributed by atoms with E-state index in [0.29, 0.717) is 0 Å². The van der Waals surface area contributed by atoms with Crippen LogP contribution in [-0.4, -0.2) is 4.98 Å². The molecule has 1 nitrogen and oxygen atoms in total. The zero-order chi connectivity index (χ0) is 14.8. The number of rotatable bonds is 2. The Morgan fingerprint density at radius 2 is 1.52 bits per heavy atom. The topological polar surface area (TPSA) is 12.9 Å². The minimum Gasteiger partial charge on any atom is -0.266 e. The third-order valence-corrected chi connectivity index (χ3v) is 3.84. The van der Waals surface area contributed by atoms with Crippen LogP contribution in [0.3, 0.4) is 0 Å². The van der Waals surface area contributed by atoms with Gasteiger partial charge in [-0.25, -0.2) is 0 Å². The molecule has 113 valence electrons. The van der Waals surface area contributed by atoms with Crippen LogP contribution in [0.2, 0.25) is 0 Å². The standard InChI is InChI=1S/C21H14N.Ir/c1-2-6-16(7-3-1)17-11-13-18(14-12-17)20-10-4-8-19-9-5-15-22-21(19)20;/h1-13,15H;/q-1;. The largest absolute Gasteiger partial charge is 0.266 e. The molecule has 0 N–H and O–H groups in total. The van der Waals surface area contributed by atoms with Gasteiger partial charge in [-0.1, -0.05) is 71.3 Å². The number of hydrogen-bond donors (Lipinski definition) is 0. The van der Waals surface area contributed by atoms with Crippen LogP contribution in [0.25, 0.3) is 33.2 Å². The van der Waals surface area contributed by atoms with E-state index in [0.717, 1.165) is 22.0 Å². The zero-order valence-electron chi connectivity index (χ0n) is 12.4. The van der Waals surface area contributed by atoms with Crippen molar-refractivity contribution in [3.63, 3.8) is 0 Å². The molecular weight excluding hydrogens is 458 g/mol. The molecular formula is C21H14IrN-. The molecule has 1 aromatic heterocycles. The van der Waals surface area contributed by atoms with Crippen LogP contribution in [0.5, 0.6) is 0 Å². The van der Waals surface area contributed by atoms with Crippen LogP contribution in [-0.2, 0) is 20.1 Å². The van der Waals surface area contributed by atoms with Crippen molar-refractivity contribution in [1.82, 2.24) is 4.98 Å². The van der Waals surface area contributed by atoms with E-state index in [9.17, 15) is 0 Å². The smallest absolute Gasteiger partial charge is 0.0366 e. The third kappa shape index (κ3) is 3.10. The Kier molecular flexibility index (Phi) is 4.66. The van der Waals surface area contributed by atoms with Crippen molar-refractivity contribution < 1.29 is 20.1 Å². The fourth-order valence-electron chi connectivity index (χ4n) is 2.72. The fourth-order valence-corrected chi connectivity index (χ4v) is 2.72. The summed E-state index contributed by atoms with van der Waals surface area (Å²) < 4.78 is 0. The Bertz CT molecular complexity index is 910. The summed E-state index contributed by atoms with van der Waals surface area (Å²) in [6.45, 7) is 0. The van der Waals surface area contributed by atoms with Gasteiger partial charge in [0.25, 0.3) is 0 Å². The van der Waals surface area contributed by atoms with Crippen LogP contribution >= 0.6 is 0 Å². The molecule has 23 heavy (non-hydrogen) atoms. The van der Waals surface area contributed by atoms with E-state index >= 15 is 0 Å². The third-order valence-electron chi connectivity index (χ3n) is 3.84. The number of hydrogen-bond acceptors (Lipinski definition) is 1. The summed E-state index contributed by atoms with van der Waals surface area (Å²) in [6, 6.07) is 30.4. The number of fused-ring (bicyclic) bond motifs is 1. The average Bonchev–Trinajstić information content (AvgIpc) is 2.62. The maximum Gasteiger partial charge on any atom is 0.0366 e. The van der Waals surface area contributed by atoms with Crippen molar-refractivity contribution in [2.75, 3.05) is 0 Å². The summed E-state index contributed by atoms with van der Waals surface area (Å²) in [7, 11) is 0. The Hall–Kier alpha value is -2.28. The normalized spacial score (nSPS) is 10.3. The SMILES string of the molecule is [Ir].[c-]1cc(-c2ccccc2)ccc1-c1cccc2cccnc12. The van der Waals surface area contributed by atoms with Crippen molar-refractivity contribution in [1.29, 1.82) is 0 Å². The second kappa shape index (κ2) is 6.87. The number of nitrogens with zero attached hydrogens (tertiary/aromatic N) is 1. The Balaban J connectivity index is 0.00000156. The Morgan fingerprint density at radius 1 is 0.696 bits per heavy atom. The predicted octanol–water partition coefficient (Wildman–Crippen LogP) is 5.37. The molecule has 0 aliphatic heterocycles. The Morgan fingerprint density at radius 3 is 2.30 bits per heavy atom. The molecule has 1 radical (unpaired) electrons. The number of pyridine rings is 1. The average molecular weight is 473 g/mol. The second-order valence-electron chi connectivity index (χ2n) is 5.24. The van der Waals surface area contributed by atoms with E-state index in [2.05, 4.69) is 71.7 Å². The van der Waals surface area contributed by atoms with Crippen molar-refractivity contribution in [3.05, 3.63) is 91.1 Å². The van der Waals surface area contributed by atoms with Crippen molar-refractivity contribution in [3.8, 4) is 22.3 Å². The van der Waals surface area contributed by atoms with E-state index in [1.54, 1.807) is 0 Å². The molecule has 0 saturated carbocycles. The molecule has 0 fully saturated rings.